The molecule has 1 aliphatic rings. The molecule has 0 bridgehead atoms. The smallest absolute Gasteiger partial charge is 0.262 e. The summed E-state index contributed by atoms with van der Waals surface area (Å²) < 4.78 is 10.7. The van der Waals surface area contributed by atoms with Crippen molar-refractivity contribution in [2.24, 2.45) is 0 Å². The van der Waals surface area contributed by atoms with Gasteiger partial charge >= 0.3 is 0 Å². The second-order valence-electron chi connectivity index (χ2n) is 5.02. The number of para-hydroxylation sites is 1. The topological polar surface area (TPSA) is 73.1 Å². The fraction of sp³-hybridized carbons (Fsp3) is 0.267. The van der Waals surface area contributed by atoms with Gasteiger partial charge in [-0.2, -0.15) is 4.98 Å². The fourth-order valence-corrected chi connectivity index (χ4v) is 2.69. The maximum Gasteiger partial charge on any atom is 0.262 e. The molecule has 6 nitrogen and oxygen atoms in total. The Morgan fingerprint density at radius 3 is 3.19 bits per heavy atom. The Hall–Kier alpha value is -2.63. The summed E-state index contributed by atoms with van der Waals surface area (Å²) >= 11 is 0. The Morgan fingerprint density at radius 2 is 2.19 bits per heavy atom. The first kappa shape index (κ1) is 12.1. The highest BCUT2D eigenvalue weighted by molar-refractivity contribution is 5.84. The third kappa shape index (κ3) is 2.18. The molecule has 21 heavy (non-hydrogen) atoms. The van der Waals surface area contributed by atoms with E-state index in [2.05, 4.69) is 26.5 Å². The monoisotopic (exact) mass is 282 g/mol. The zero-order valence-corrected chi connectivity index (χ0v) is 11.3. The van der Waals surface area contributed by atoms with E-state index in [1.807, 2.05) is 18.2 Å². The summed E-state index contributed by atoms with van der Waals surface area (Å²) in [5.41, 5.74) is 1.74. The first-order valence-corrected chi connectivity index (χ1v) is 6.93. The third-order valence-electron chi connectivity index (χ3n) is 3.77. The number of fused-ring (bicyclic) bond motifs is 2. The van der Waals surface area contributed by atoms with Crippen molar-refractivity contribution in [2.45, 2.75) is 12.3 Å². The van der Waals surface area contributed by atoms with Gasteiger partial charge in [0.25, 0.3) is 5.71 Å². The highest BCUT2D eigenvalue weighted by Gasteiger charge is 2.21. The maximum atomic E-state index is 5.69. The number of aromatic nitrogens is 3. The van der Waals surface area contributed by atoms with Crippen LogP contribution in [0, 0.1) is 0 Å². The van der Waals surface area contributed by atoms with Crippen molar-refractivity contribution in [3.63, 3.8) is 0 Å². The van der Waals surface area contributed by atoms with E-state index in [9.17, 15) is 0 Å². The van der Waals surface area contributed by atoms with Crippen molar-refractivity contribution in [3.05, 3.63) is 42.4 Å². The molecule has 0 saturated heterocycles. The zero-order valence-electron chi connectivity index (χ0n) is 11.3. The number of hydrogen-bond acceptors (Lipinski definition) is 6. The van der Waals surface area contributed by atoms with E-state index in [0.717, 1.165) is 36.5 Å². The van der Waals surface area contributed by atoms with Gasteiger partial charge in [0.1, 0.15) is 23.3 Å². The first-order valence-electron chi connectivity index (χ1n) is 6.93. The summed E-state index contributed by atoms with van der Waals surface area (Å²) in [5.74, 6) is 2.14. The molecule has 0 saturated carbocycles. The minimum absolute atomic E-state index is 0.403. The van der Waals surface area contributed by atoms with Crippen LogP contribution in [0.15, 0.2) is 41.3 Å². The lowest BCUT2D eigenvalue weighted by Crippen LogP contribution is -2.21. The number of benzene rings is 1. The van der Waals surface area contributed by atoms with Crippen LogP contribution in [0.5, 0.6) is 5.75 Å². The van der Waals surface area contributed by atoms with Crippen LogP contribution in [0.4, 0.5) is 5.82 Å². The van der Waals surface area contributed by atoms with Gasteiger partial charge in [0.05, 0.1) is 12.8 Å². The summed E-state index contributed by atoms with van der Waals surface area (Å²) in [4.78, 5) is 8.30. The molecule has 0 aliphatic carbocycles. The number of hydrogen-bond donors (Lipinski definition) is 1. The Balaban J connectivity index is 1.57. The molecule has 0 radical (unpaired) electrons. The summed E-state index contributed by atoms with van der Waals surface area (Å²) in [6, 6.07) is 8.18. The first-order chi connectivity index (χ1) is 10.4. The van der Waals surface area contributed by atoms with Crippen molar-refractivity contribution in [1.29, 1.82) is 0 Å². The van der Waals surface area contributed by atoms with E-state index < -0.39 is 0 Å². The van der Waals surface area contributed by atoms with E-state index in [4.69, 9.17) is 9.26 Å². The van der Waals surface area contributed by atoms with Gasteiger partial charge in [-0.3, -0.25) is 0 Å². The van der Waals surface area contributed by atoms with E-state index in [1.165, 1.54) is 11.9 Å². The van der Waals surface area contributed by atoms with Crippen molar-refractivity contribution < 1.29 is 9.26 Å². The molecule has 3 aromatic rings. The molecular weight excluding hydrogens is 268 g/mol. The number of nitrogens with zero attached hydrogens (tertiary/aromatic N) is 3. The second-order valence-corrected chi connectivity index (χ2v) is 5.02. The molecule has 106 valence electrons. The largest absolute Gasteiger partial charge is 0.493 e. The third-order valence-corrected chi connectivity index (χ3v) is 3.77. The number of rotatable bonds is 3. The maximum absolute atomic E-state index is 5.69. The molecule has 0 amide bonds. The highest BCUT2D eigenvalue weighted by atomic mass is 16.5. The SMILES string of the molecule is c1ccc2c(c1)OCC[C@@H]2CNc1ncnc2oncc12. The van der Waals surface area contributed by atoms with E-state index in [0.29, 0.717) is 11.6 Å². The molecule has 0 fully saturated rings. The van der Waals surface area contributed by atoms with Gasteiger partial charge in [0.2, 0.25) is 0 Å². The molecule has 1 atom stereocenters. The Bertz CT molecular complexity index is 771. The van der Waals surface area contributed by atoms with E-state index in [-0.39, 0.29) is 0 Å². The van der Waals surface area contributed by atoms with Gasteiger partial charge in [0, 0.05) is 12.5 Å². The van der Waals surface area contributed by atoms with Crippen LogP contribution in [-0.2, 0) is 0 Å². The van der Waals surface area contributed by atoms with Gasteiger partial charge < -0.3 is 14.6 Å². The average molecular weight is 282 g/mol. The lowest BCUT2D eigenvalue weighted by atomic mass is 9.93. The van der Waals surface area contributed by atoms with Crippen LogP contribution in [0.1, 0.15) is 17.9 Å². The highest BCUT2D eigenvalue weighted by Crippen LogP contribution is 2.33. The van der Waals surface area contributed by atoms with Gasteiger partial charge in [0.15, 0.2) is 0 Å². The minimum Gasteiger partial charge on any atom is -0.493 e. The van der Waals surface area contributed by atoms with Crippen molar-refractivity contribution in [3.8, 4) is 5.75 Å². The Morgan fingerprint density at radius 1 is 1.24 bits per heavy atom. The Labute approximate surface area is 121 Å². The van der Waals surface area contributed by atoms with E-state index >= 15 is 0 Å². The van der Waals surface area contributed by atoms with Crippen LogP contribution in [-0.4, -0.2) is 28.3 Å². The second kappa shape index (κ2) is 5.05. The van der Waals surface area contributed by atoms with Crippen LogP contribution in [0.2, 0.25) is 0 Å². The normalized spacial score (nSPS) is 17.2. The quantitative estimate of drug-likeness (QED) is 0.796. The van der Waals surface area contributed by atoms with Gasteiger partial charge in [-0.05, 0) is 18.1 Å². The molecule has 6 heteroatoms. The van der Waals surface area contributed by atoms with Crippen molar-refractivity contribution in [1.82, 2.24) is 15.1 Å². The predicted molar refractivity (Wildman–Crippen MR) is 77.4 cm³/mol. The molecule has 1 aliphatic heterocycles. The summed E-state index contributed by atoms with van der Waals surface area (Å²) in [7, 11) is 0. The summed E-state index contributed by atoms with van der Waals surface area (Å²) in [6.45, 7) is 1.54. The summed E-state index contributed by atoms with van der Waals surface area (Å²) in [6.07, 6.45) is 4.10. The van der Waals surface area contributed by atoms with Gasteiger partial charge in [-0.1, -0.05) is 23.4 Å². The molecule has 4 rings (SSSR count). The van der Waals surface area contributed by atoms with Crippen LogP contribution in [0.25, 0.3) is 11.1 Å². The average Bonchev–Trinajstić information content (AvgIpc) is 3.02. The molecular formula is C15H14N4O2. The van der Waals surface area contributed by atoms with Crippen molar-refractivity contribution >= 4 is 16.9 Å². The minimum atomic E-state index is 0.403. The van der Waals surface area contributed by atoms with Gasteiger partial charge in [-0.25, -0.2) is 4.98 Å². The number of ether oxygens (including phenoxy) is 1. The number of anilines is 1. The zero-order chi connectivity index (χ0) is 14.1. The molecule has 0 spiro atoms. The molecule has 2 aromatic heterocycles. The summed E-state index contributed by atoms with van der Waals surface area (Å²) in [5, 5.41) is 7.94. The predicted octanol–water partition coefficient (Wildman–Crippen LogP) is 2.60. The van der Waals surface area contributed by atoms with Crippen LogP contribution < -0.4 is 10.1 Å². The lowest BCUT2D eigenvalue weighted by Gasteiger charge is -2.26. The number of nitrogens with one attached hydrogen (secondary N) is 1. The Kier molecular flexibility index (Phi) is 2.92. The van der Waals surface area contributed by atoms with Crippen molar-refractivity contribution in [2.75, 3.05) is 18.5 Å². The van der Waals surface area contributed by atoms with E-state index in [1.54, 1.807) is 6.20 Å². The molecule has 1 aromatic carbocycles. The molecule has 0 unspecified atom stereocenters. The molecule has 1 N–H and O–H groups in total. The van der Waals surface area contributed by atoms with Crippen LogP contribution >= 0.6 is 0 Å². The fourth-order valence-electron chi connectivity index (χ4n) is 2.69. The molecule has 3 heterocycles. The van der Waals surface area contributed by atoms with Crippen LogP contribution in [0.3, 0.4) is 0 Å². The standard InChI is InChI=1S/C15H14N4O2/c1-2-4-13-11(3-1)10(5-6-20-13)7-16-14-12-8-19-21-15(12)18-9-17-14/h1-4,8-10H,5-7H2,(H,16,17,18)/t10-/m1/s1. The lowest BCUT2D eigenvalue weighted by molar-refractivity contribution is 0.270. The van der Waals surface area contributed by atoms with Gasteiger partial charge in [-0.15, -0.1) is 0 Å².